The highest BCUT2D eigenvalue weighted by Gasteiger charge is 2.10. The number of nitrogens with one attached hydrogen (secondary N) is 2. The number of nitrogens with zero attached hydrogens (tertiary/aromatic N) is 1. The normalized spacial score (nSPS) is 15.7. The van der Waals surface area contributed by atoms with Crippen LogP contribution in [0.2, 0.25) is 0 Å². The van der Waals surface area contributed by atoms with Gasteiger partial charge in [0.05, 0.1) is 26.9 Å². The second kappa shape index (κ2) is 8.61. The summed E-state index contributed by atoms with van der Waals surface area (Å²) in [5.74, 6) is 0.854. The van der Waals surface area contributed by atoms with Crippen LogP contribution in [0.4, 0.5) is 0 Å². The van der Waals surface area contributed by atoms with E-state index in [4.69, 9.17) is 9.47 Å². The Labute approximate surface area is 125 Å². The average molecular weight is 293 g/mol. The van der Waals surface area contributed by atoms with E-state index in [0.29, 0.717) is 26.3 Å². The first-order chi connectivity index (χ1) is 10.3. The van der Waals surface area contributed by atoms with Gasteiger partial charge in [-0.25, -0.2) is 10.4 Å². The Morgan fingerprint density at radius 2 is 2.00 bits per heavy atom. The van der Waals surface area contributed by atoms with Crippen LogP contribution < -0.4 is 15.5 Å². The van der Waals surface area contributed by atoms with E-state index in [1.54, 1.807) is 7.11 Å². The Bertz CT molecular complexity index is 430. The lowest BCUT2D eigenvalue weighted by atomic mass is 10.1. The van der Waals surface area contributed by atoms with Crippen LogP contribution in [0.5, 0.6) is 5.75 Å². The van der Waals surface area contributed by atoms with Crippen molar-refractivity contribution in [3.63, 3.8) is 0 Å². The predicted octanol–water partition coefficient (Wildman–Crippen LogP) is 0.191. The number of morpholine rings is 1. The number of hydrazine groups is 1. The minimum atomic E-state index is 0.00926. The van der Waals surface area contributed by atoms with Crippen molar-refractivity contribution in [2.75, 3.05) is 46.5 Å². The summed E-state index contributed by atoms with van der Waals surface area (Å²) in [6, 6.07) is 7.88. The van der Waals surface area contributed by atoms with Crippen LogP contribution in [0.25, 0.3) is 0 Å². The first-order valence-corrected chi connectivity index (χ1v) is 7.24. The average Bonchev–Trinajstić information content (AvgIpc) is 2.54. The Hall–Kier alpha value is -1.63. The molecule has 2 rings (SSSR count). The van der Waals surface area contributed by atoms with Crippen molar-refractivity contribution in [3.05, 3.63) is 29.8 Å². The van der Waals surface area contributed by atoms with Gasteiger partial charge in [0.25, 0.3) is 0 Å². The van der Waals surface area contributed by atoms with Gasteiger partial charge in [0, 0.05) is 19.6 Å². The highest BCUT2D eigenvalue weighted by molar-refractivity contribution is 5.77. The molecule has 0 bridgehead atoms. The molecule has 21 heavy (non-hydrogen) atoms. The van der Waals surface area contributed by atoms with Crippen LogP contribution in [0, 0.1) is 0 Å². The Morgan fingerprint density at radius 3 is 2.67 bits per heavy atom. The number of ether oxygens (including phenoxy) is 2. The third-order valence-corrected chi connectivity index (χ3v) is 3.37. The first-order valence-electron chi connectivity index (χ1n) is 7.24. The van der Waals surface area contributed by atoms with Crippen molar-refractivity contribution in [2.45, 2.75) is 6.42 Å². The number of methoxy groups -OCH3 is 1. The van der Waals surface area contributed by atoms with Crippen molar-refractivity contribution in [2.24, 2.45) is 0 Å². The Balaban J connectivity index is 1.59. The Kier molecular flexibility index (Phi) is 6.46. The number of rotatable bonds is 7. The minimum Gasteiger partial charge on any atom is -0.497 e. The molecular weight excluding hydrogens is 270 g/mol. The zero-order chi connectivity index (χ0) is 14.9. The number of carbonyl (C=O) groups excluding carboxylic acids is 1. The van der Waals surface area contributed by atoms with Crippen LogP contribution in [-0.2, 0) is 16.0 Å². The summed E-state index contributed by atoms with van der Waals surface area (Å²) >= 11 is 0. The molecule has 1 heterocycles. The van der Waals surface area contributed by atoms with E-state index in [9.17, 15) is 4.79 Å². The summed E-state index contributed by atoms with van der Waals surface area (Å²) in [5.41, 5.74) is 4.29. The lowest BCUT2D eigenvalue weighted by Crippen LogP contribution is -2.49. The van der Waals surface area contributed by atoms with Gasteiger partial charge in [0.1, 0.15) is 5.75 Å². The van der Waals surface area contributed by atoms with Crippen molar-refractivity contribution < 1.29 is 14.3 Å². The van der Waals surface area contributed by atoms with Crippen molar-refractivity contribution in [1.29, 1.82) is 0 Å². The SMILES string of the molecule is COc1ccc(CCNC(=O)CNN2CCOCC2)cc1. The molecular formula is C15H23N3O3. The molecule has 6 nitrogen and oxygen atoms in total. The lowest BCUT2D eigenvalue weighted by molar-refractivity contribution is -0.121. The predicted molar refractivity (Wildman–Crippen MR) is 80.1 cm³/mol. The topological polar surface area (TPSA) is 62.8 Å². The van der Waals surface area contributed by atoms with Gasteiger partial charge in [-0.2, -0.15) is 0 Å². The molecule has 1 aliphatic heterocycles. The van der Waals surface area contributed by atoms with E-state index in [1.807, 2.05) is 29.3 Å². The van der Waals surface area contributed by atoms with Gasteiger partial charge < -0.3 is 14.8 Å². The highest BCUT2D eigenvalue weighted by Crippen LogP contribution is 2.11. The number of benzene rings is 1. The molecule has 116 valence electrons. The molecule has 0 aliphatic carbocycles. The van der Waals surface area contributed by atoms with E-state index in [-0.39, 0.29) is 5.91 Å². The summed E-state index contributed by atoms with van der Waals surface area (Å²) in [6.45, 7) is 4.01. The standard InChI is InChI=1S/C15H23N3O3/c1-20-14-4-2-13(3-5-14)6-7-16-15(19)12-17-18-8-10-21-11-9-18/h2-5,17H,6-12H2,1H3,(H,16,19). The molecule has 0 aromatic heterocycles. The van der Waals surface area contributed by atoms with Gasteiger partial charge in [-0.15, -0.1) is 0 Å². The molecule has 1 amide bonds. The molecule has 1 aliphatic rings. The minimum absolute atomic E-state index is 0.00926. The Morgan fingerprint density at radius 1 is 1.29 bits per heavy atom. The second-order valence-corrected chi connectivity index (χ2v) is 4.88. The fourth-order valence-electron chi connectivity index (χ4n) is 2.11. The molecule has 0 atom stereocenters. The molecule has 0 spiro atoms. The van der Waals surface area contributed by atoms with E-state index >= 15 is 0 Å². The zero-order valence-electron chi connectivity index (χ0n) is 12.4. The van der Waals surface area contributed by atoms with Gasteiger partial charge in [-0.1, -0.05) is 12.1 Å². The largest absolute Gasteiger partial charge is 0.497 e. The van der Waals surface area contributed by atoms with E-state index in [1.165, 1.54) is 5.56 Å². The van der Waals surface area contributed by atoms with Gasteiger partial charge in [-0.05, 0) is 24.1 Å². The maximum Gasteiger partial charge on any atom is 0.235 e. The molecule has 6 heteroatoms. The third kappa shape index (κ3) is 5.71. The van der Waals surface area contributed by atoms with Crippen LogP contribution in [-0.4, -0.2) is 57.4 Å². The van der Waals surface area contributed by atoms with Crippen molar-refractivity contribution in [3.8, 4) is 5.75 Å². The van der Waals surface area contributed by atoms with Crippen LogP contribution in [0.3, 0.4) is 0 Å². The summed E-state index contributed by atoms with van der Waals surface area (Å²) in [6.07, 6.45) is 0.813. The van der Waals surface area contributed by atoms with Crippen molar-refractivity contribution in [1.82, 2.24) is 15.8 Å². The van der Waals surface area contributed by atoms with Gasteiger partial charge in [-0.3, -0.25) is 4.79 Å². The quantitative estimate of drug-likeness (QED) is 0.751. The monoisotopic (exact) mass is 293 g/mol. The number of carbonyl (C=O) groups is 1. The molecule has 2 N–H and O–H groups in total. The molecule has 1 fully saturated rings. The number of hydrogen-bond donors (Lipinski definition) is 2. The van der Waals surface area contributed by atoms with E-state index < -0.39 is 0 Å². The zero-order valence-corrected chi connectivity index (χ0v) is 12.4. The van der Waals surface area contributed by atoms with Crippen LogP contribution >= 0.6 is 0 Å². The molecule has 0 unspecified atom stereocenters. The fraction of sp³-hybridized carbons (Fsp3) is 0.533. The smallest absolute Gasteiger partial charge is 0.235 e. The van der Waals surface area contributed by atoms with Gasteiger partial charge in [0.15, 0.2) is 0 Å². The molecule has 1 aromatic carbocycles. The summed E-state index contributed by atoms with van der Waals surface area (Å²) < 4.78 is 10.4. The van der Waals surface area contributed by atoms with Gasteiger partial charge in [0.2, 0.25) is 5.91 Å². The van der Waals surface area contributed by atoms with E-state index in [0.717, 1.165) is 25.3 Å². The van der Waals surface area contributed by atoms with Crippen molar-refractivity contribution >= 4 is 5.91 Å². The van der Waals surface area contributed by atoms with Crippen LogP contribution in [0.15, 0.2) is 24.3 Å². The third-order valence-electron chi connectivity index (χ3n) is 3.37. The fourth-order valence-corrected chi connectivity index (χ4v) is 2.11. The summed E-state index contributed by atoms with van der Waals surface area (Å²) in [4.78, 5) is 11.7. The van der Waals surface area contributed by atoms with E-state index in [2.05, 4.69) is 10.7 Å². The molecule has 0 radical (unpaired) electrons. The summed E-state index contributed by atoms with van der Waals surface area (Å²) in [5, 5.41) is 4.93. The number of amides is 1. The molecule has 0 saturated carbocycles. The number of hydrogen-bond acceptors (Lipinski definition) is 5. The summed E-state index contributed by atoms with van der Waals surface area (Å²) in [7, 11) is 1.65. The molecule has 1 aromatic rings. The second-order valence-electron chi connectivity index (χ2n) is 4.88. The maximum absolute atomic E-state index is 11.7. The van der Waals surface area contributed by atoms with Gasteiger partial charge >= 0.3 is 0 Å². The first kappa shape index (κ1) is 15.8. The lowest BCUT2D eigenvalue weighted by Gasteiger charge is -2.26. The molecule has 1 saturated heterocycles. The highest BCUT2D eigenvalue weighted by atomic mass is 16.5. The maximum atomic E-state index is 11.7. The van der Waals surface area contributed by atoms with Crippen LogP contribution in [0.1, 0.15) is 5.56 Å².